The summed E-state index contributed by atoms with van der Waals surface area (Å²) in [5.41, 5.74) is 8.90. The first-order valence-corrected chi connectivity index (χ1v) is 6.74. The van der Waals surface area contributed by atoms with Crippen molar-refractivity contribution in [3.05, 3.63) is 53.1 Å². The number of hydrogen-bond acceptors (Lipinski definition) is 2. The van der Waals surface area contributed by atoms with Crippen molar-refractivity contribution in [2.24, 2.45) is 5.73 Å². The molecule has 2 aromatic rings. The van der Waals surface area contributed by atoms with E-state index in [0.717, 1.165) is 27.5 Å². The van der Waals surface area contributed by atoms with E-state index in [4.69, 9.17) is 22.1 Å². The summed E-state index contributed by atoms with van der Waals surface area (Å²) in [6.45, 7) is 4.42. The fourth-order valence-corrected chi connectivity index (χ4v) is 2.31. The molecule has 0 atom stereocenters. The minimum Gasteiger partial charge on any atom is -0.491 e. The van der Waals surface area contributed by atoms with E-state index >= 15 is 0 Å². The quantitative estimate of drug-likeness (QED) is 0.905. The number of hydrogen-bond donors (Lipinski definition) is 1. The van der Waals surface area contributed by atoms with Crippen molar-refractivity contribution in [1.82, 2.24) is 0 Å². The SMILES string of the molecule is CC(C)Oc1cccc(-c2ccccc2Cl)c1CN. The molecule has 2 N–H and O–H groups in total. The van der Waals surface area contributed by atoms with Gasteiger partial charge in [-0.15, -0.1) is 0 Å². The third-order valence-corrected chi connectivity index (χ3v) is 3.19. The number of ether oxygens (including phenoxy) is 1. The topological polar surface area (TPSA) is 35.2 Å². The molecule has 19 heavy (non-hydrogen) atoms. The van der Waals surface area contributed by atoms with Crippen molar-refractivity contribution in [1.29, 1.82) is 0 Å². The fourth-order valence-electron chi connectivity index (χ4n) is 2.07. The molecular formula is C16H18ClNO. The molecule has 2 aromatic carbocycles. The Kier molecular flexibility index (Phi) is 4.46. The van der Waals surface area contributed by atoms with Gasteiger partial charge in [-0.2, -0.15) is 0 Å². The minimum atomic E-state index is 0.117. The summed E-state index contributed by atoms with van der Waals surface area (Å²) < 4.78 is 5.82. The molecule has 0 unspecified atom stereocenters. The normalized spacial score (nSPS) is 10.8. The summed E-state index contributed by atoms with van der Waals surface area (Å²) >= 11 is 6.26. The second kappa shape index (κ2) is 6.09. The van der Waals surface area contributed by atoms with Gasteiger partial charge in [-0.1, -0.05) is 41.9 Å². The average molecular weight is 276 g/mol. The molecule has 0 saturated carbocycles. The maximum absolute atomic E-state index is 6.26. The first kappa shape index (κ1) is 13.9. The molecule has 0 spiro atoms. The molecule has 0 aliphatic heterocycles. The Morgan fingerprint density at radius 2 is 1.74 bits per heavy atom. The van der Waals surface area contributed by atoms with E-state index in [1.54, 1.807) is 0 Å². The summed E-state index contributed by atoms with van der Waals surface area (Å²) in [5, 5.41) is 0.721. The summed E-state index contributed by atoms with van der Waals surface area (Å²) in [6, 6.07) is 13.7. The van der Waals surface area contributed by atoms with Crippen LogP contribution in [0.1, 0.15) is 19.4 Å². The predicted octanol–water partition coefficient (Wildman–Crippen LogP) is 4.25. The van der Waals surface area contributed by atoms with Crippen LogP contribution < -0.4 is 10.5 Å². The molecule has 2 nitrogen and oxygen atoms in total. The Morgan fingerprint density at radius 1 is 1.05 bits per heavy atom. The Bertz CT molecular complexity index is 566. The van der Waals surface area contributed by atoms with E-state index in [1.807, 2.05) is 56.3 Å². The zero-order valence-electron chi connectivity index (χ0n) is 11.2. The second-order valence-electron chi connectivity index (χ2n) is 4.63. The van der Waals surface area contributed by atoms with Crippen LogP contribution in [0.25, 0.3) is 11.1 Å². The lowest BCUT2D eigenvalue weighted by Crippen LogP contribution is -2.10. The van der Waals surface area contributed by atoms with Gasteiger partial charge in [0.2, 0.25) is 0 Å². The average Bonchev–Trinajstić information content (AvgIpc) is 2.38. The van der Waals surface area contributed by atoms with Crippen molar-refractivity contribution in [2.75, 3.05) is 0 Å². The van der Waals surface area contributed by atoms with Crippen molar-refractivity contribution in [3.63, 3.8) is 0 Å². The first-order valence-electron chi connectivity index (χ1n) is 6.37. The highest BCUT2D eigenvalue weighted by atomic mass is 35.5. The summed E-state index contributed by atoms with van der Waals surface area (Å²) in [6.07, 6.45) is 0.117. The maximum atomic E-state index is 6.26. The Hall–Kier alpha value is -1.51. The van der Waals surface area contributed by atoms with Crippen LogP contribution in [-0.4, -0.2) is 6.10 Å². The molecule has 0 aromatic heterocycles. The van der Waals surface area contributed by atoms with Gasteiger partial charge in [-0.05, 0) is 31.5 Å². The zero-order chi connectivity index (χ0) is 13.8. The van der Waals surface area contributed by atoms with E-state index in [9.17, 15) is 0 Å². The van der Waals surface area contributed by atoms with Crippen molar-refractivity contribution < 1.29 is 4.74 Å². The second-order valence-corrected chi connectivity index (χ2v) is 5.04. The highest BCUT2D eigenvalue weighted by molar-refractivity contribution is 6.33. The van der Waals surface area contributed by atoms with Crippen molar-refractivity contribution >= 4 is 11.6 Å². The molecule has 0 aliphatic rings. The van der Waals surface area contributed by atoms with Crippen molar-refractivity contribution in [2.45, 2.75) is 26.5 Å². The first-order chi connectivity index (χ1) is 9.13. The molecule has 2 rings (SSSR count). The van der Waals surface area contributed by atoms with E-state index in [0.29, 0.717) is 6.54 Å². The van der Waals surface area contributed by atoms with Gasteiger partial charge in [0.15, 0.2) is 0 Å². The van der Waals surface area contributed by atoms with Crippen LogP contribution in [-0.2, 0) is 6.54 Å². The summed E-state index contributed by atoms with van der Waals surface area (Å²) in [4.78, 5) is 0. The Labute approximate surface area is 119 Å². The largest absolute Gasteiger partial charge is 0.491 e. The van der Waals surface area contributed by atoms with Gasteiger partial charge < -0.3 is 10.5 Å². The molecule has 0 amide bonds. The van der Waals surface area contributed by atoms with Gasteiger partial charge in [0.25, 0.3) is 0 Å². The van der Waals surface area contributed by atoms with E-state index < -0.39 is 0 Å². The highest BCUT2D eigenvalue weighted by Gasteiger charge is 2.12. The maximum Gasteiger partial charge on any atom is 0.124 e. The van der Waals surface area contributed by atoms with E-state index in [1.165, 1.54) is 0 Å². The zero-order valence-corrected chi connectivity index (χ0v) is 11.9. The summed E-state index contributed by atoms with van der Waals surface area (Å²) in [5.74, 6) is 0.829. The van der Waals surface area contributed by atoms with Gasteiger partial charge in [0.1, 0.15) is 5.75 Å². The van der Waals surface area contributed by atoms with Gasteiger partial charge in [0, 0.05) is 22.7 Å². The third-order valence-electron chi connectivity index (χ3n) is 2.86. The van der Waals surface area contributed by atoms with Crippen LogP contribution >= 0.6 is 11.6 Å². The van der Waals surface area contributed by atoms with Crippen molar-refractivity contribution in [3.8, 4) is 16.9 Å². The van der Waals surface area contributed by atoms with Crippen LogP contribution in [0, 0.1) is 0 Å². The van der Waals surface area contributed by atoms with E-state index in [2.05, 4.69) is 0 Å². The highest BCUT2D eigenvalue weighted by Crippen LogP contribution is 2.34. The Morgan fingerprint density at radius 3 is 2.37 bits per heavy atom. The molecule has 0 aliphatic carbocycles. The Balaban J connectivity index is 2.55. The van der Waals surface area contributed by atoms with Gasteiger partial charge in [0.05, 0.1) is 6.10 Å². The van der Waals surface area contributed by atoms with E-state index in [-0.39, 0.29) is 6.10 Å². The lowest BCUT2D eigenvalue weighted by Gasteiger charge is -2.17. The predicted molar refractivity (Wildman–Crippen MR) is 80.5 cm³/mol. The molecule has 3 heteroatoms. The fraction of sp³-hybridized carbons (Fsp3) is 0.250. The lowest BCUT2D eigenvalue weighted by molar-refractivity contribution is 0.240. The van der Waals surface area contributed by atoms with Gasteiger partial charge in [-0.25, -0.2) is 0 Å². The summed E-state index contributed by atoms with van der Waals surface area (Å²) in [7, 11) is 0. The van der Waals surface area contributed by atoms with Crippen LogP contribution in [0.15, 0.2) is 42.5 Å². The third kappa shape index (κ3) is 3.09. The molecule has 0 saturated heterocycles. The van der Waals surface area contributed by atoms with Gasteiger partial charge >= 0.3 is 0 Å². The van der Waals surface area contributed by atoms with Gasteiger partial charge in [-0.3, -0.25) is 0 Å². The molecule has 0 fully saturated rings. The van der Waals surface area contributed by atoms with Crippen LogP contribution in [0.5, 0.6) is 5.75 Å². The molecule has 100 valence electrons. The van der Waals surface area contributed by atoms with Crippen LogP contribution in [0.3, 0.4) is 0 Å². The van der Waals surface area contributed by atoms with Crippen LogP contribution in [0.4, 0.5) is 0 Å². The number of rotatable bonds is 4. The number of benzene rings is 2. The lowest BCUT2D eigenvalue weighted by atomic mass is 9.99. The van der Waals surface area contributed by atoms with Crippen LogP contribution in [0.2, 0.25) is 5.02 Å². The standard InChI is InChI=1S/C16H18ClNO/c1-11(2)19-16-9-5-7-12(14(16)10-18)13-6-3-4-8-15(13)17/h3-9,11H,10,18H2,1-2H3. The smallest absolute Gasteiger partial charge is 0.124 e. The molecule has 0 radical (unpaired) electrons. The molecular weight excluding hydrogens is 258 g/mol. The molecule has 0 heterocycles. The number of nitrogens with two attached hydrogens (primary N) is 1. The monoisotopic (exact) mass is 275 g/mol. The number of halogens is 1. The minimum absolute atomic E-state index is 0.117. The molecule has 0 bridgehead atoms.